The number of hydrogen-bond acceptors (Lipinski definition) is 5. The first-order valence-corrected chi connectivity index (χ1v) is 9.26. The average molecular weight is 414 g/mol. The van der Waals surface area contributed by atoms with Crippen LogP contribution in [0.2, 0.25) is 5.02 Å². The fourth-order valence-corrected chi connectivity index (χ4v) is 3.19. The Labute approximate surface area is 173 Å². The number of nitrogens with one attached hydrogen (secondary N) is 2. The summed E-state index contributed by atoms with van der Waals surface area (Å²) in [7, 11) is 1.28. The summed E-state index contributed by atoms with van der Waals surface area (Å²) in [6.07, 6.45) is 1.21. The number of esters is 1. The normalized spacial score (nSPS) is 13.0. The summed E-state index contributed by atoms with van der Waals surface area (Å²) in [5.74, 6) is -1.30. The molecule has 0 bridgehead atoms. The predicted molar refractivity (Wildman–Crippen MR) is 112 cm³/mol. The number of halogens is 1. The molecule has 150 valence electrons. The summed E-state index contributed by atoms with van der Waals surface area (Å²) >= 11 is 6.17. The van der Waals surface area contributed by atoms with Crippen molar-refractivity contribution in [3.05, 3.63) is 64.8 Å². The van der Waals surface area contributed by atoms with E-state index in [0.29, 0.717) is 27.8 Å². The van der Waals surface area contributed by atoms with Crippen molar-refractivity contribution in [1.82, 2.24) is 0 Å². The van der Waals surface area contributed by atoms with Gasteiger partial charge in [0.1, 0.15) is 6.54 Å². The first kappa shape index (κ1) is 20.4. The molecule has 2 N–H and O–H groups in total. The molecule has 2 aromatic carbocycles. The standard InChI is InChI=1S/C21H20ClN3O4/c1-13-7-8-16(15(22)9-13)24-19(26)12-25-18-6-4-3-5-17(18)23-14(10-20(25)27)11-21(28)29-2/h3-10,23H,11-12H2,1-2H3,(H,24,26). The molecule has 0 radical (unpaired) electrons. The first-order valence-electron chi connectivity index (χ1n) is 8.88. The van der Waals surface area contributed by atoms with E-state index in [4.69, 9.17) is 11.6 Å². The molecule has 8 heteroatoms. The zero-order chi connectivity index (χ0) is 21.0. The molecule has 0 fully saturated rings. The number of carbonyl (C=O) groups excluding carboxylic acids is 3. The number of nitrogens with zero attached hydrogens (tertiary/aromatic N) is 1. The van der Waals surface area contributed by atoms with Gasteiger partial charge in [-0.25, -0.2) is 0 Å². The topological polar surface area (TPSA) is 87.7 Å². The highest BCUT2D eigenvalue weighted by Crippen LogP contribution is 2.30. The number of carbonyl (C=O) groups is 3. The summed E-state index contributed by atoms with van der Waals surface area (Å²) in [4.78, 5) is 38.4. The third kappa shape index (κ3) is 4.94. The third-order valence-electron chi connectivity index (χ3n) is 4.32. The van der Waals surface area contributed by atoms with Crippen LogP contribution in [-0.4, -0.2) is 31.4 Å². The van der Waals surface area contributed by atoms with Gasteiger partial charge in [-0.05, 0) is 36.8 Å². The van der Waals surface area contributed by atoms with E-state index in [0.717, 1.165) is 5.56 Å². The van der Waals surface area contributed by atoms with Gasteiger partial charge in [-0.15, -0.1) is 0 Å². The second-order valence-electron chi connectivity index (χ2n) is 6.52. The van der Waals surface area contributed by atoms with Crippen LogP contribution in [0, 0.1) is 6.92 Å². The van der Waals surface area contributed by atoms with Crippen molar-refractivity contribution in [2.45, 2.75) is 13.3 Å². The summed E-state index contributed by atoms with van der Waals surface area (Å²) in [6, 6.07) is 12.3. The summed E-state index contributed by atoms with van der Waals surface area (Å²) in [6.45, 7) is 1.68. The molecule has 1 heterocycles. The minimum absolute atomic E-state index is 0.0877. The Morgan fingerprint density at radius 2 is 1.97 bits per heavy atom. The molecular weight excluding hydrogens is 394 g/mol. The maximum absolute atomic E-state index is 12.8. The zero-order valence-corrected chi connectivity index (χ0v) is 16.7. The minimum Gasteiger partial charge on any atom is -0.469 e. The lowest BCUT2D eigenvalue weighted by Crippen LogP contribution is -2.37. The number of hydrogen-bond donors (Lipinski definition) is 2. The van der Waals surface area contributed by atoms with Crippen LogP contribution >= 0.6 is 11.6 Å². The zero-order valence-electron chi connectivity index (χ0n) is 16.0. The van der Waals surface area contributed by atoms with Gasteiger partial charge in [0.15, 0.2) is 0 Å². The molecule has 0 aliphatic carbocycles. The molecular formula is C21H20ClN3O4. The molecule has 0 saturated heterocycles. The Morgan fingerprint density at radius 1 is 1.21 bits per heavy atom. The monoisotopic (exact) mass is 413 g/mol. The smallest absolute Gasteiger partial charge is 0.311 e. The van der Waals surface area contributed by atoms with Crippen LogP contribution < -0.4 is 15.5 Å². The molecule has 0 saturated carbocycles. The molecule has 0 spiro atoms. The number of ether oxygens (including phenoxy) is 1. The van der Waals surface area contributed by atoms with Crippen molar-refractivity contribution in [3.63, 3.8) is 0 Å². The Bertz CT molecular complexity index is 1000. The number of para-hydroxylation sites is 2. The highest BCUT2D eigenvalue weighted by molar-refractivity contribution is 6.33. The van der Waals surface area contributed by atoms with Crippen molar-refractivity contribution < 1.29 is 19.1 Å². The van der Waals surface area contributed by atoms with E-state index in [2.05, 4.69) is 15.4 Å². The second kappa shape index (κ2) is 8.79. The maximum atomic E-state index is 12.8. The van der Waals surface area contributed by atoms with Crippen LogP contribution in [-0.2, 0) is 19.1 Å². The van der Waals surface area contributed by atoms with Crippen LogP contribution in [0.15, 0.2) is 54.2 Å². The largest absolute Gasteiger partial charge is 0.469 e. The van der Waals surface area contributed by atoms with Gasteiger partial charge in [0.25, 0.3) is 5.91 Å². The molecule has 0 aromatic heterocycles. The Hall–Kier alpha value is -3.32. The maximum Gasteiger partial charge on any atom is 0.311 e. The van der Waals surface area contributed by atoms with E-state index in [1.807, 2.05) is 13.0 Å². The fourth-order valence-electron chi connectivity index (χ4n) is 2.91. The molecule has 0 unspecified atom stereocenters. The number of methoxy groups -OCH3 is 1. The van der Waals surface area contributed by atoms with E-state index in [-0.39, 0.29) is 13.0 Å². The summed E-state index contributed by atoms with van der Waals surface area (Å²) in [5, 5.41) is 6.22. The lowest BCUT2D eigenvalue weighted by Gasteiger charge is -2.22. The highest BCUT2D eigenvalue weighted by atomic mass is 35.5. The second-order valence-corrected chi connectivity index (χ2v) is 6.93. The van der Waals surface area contributed by atoms with Gasteiger partial charge in [0, 0.05) is 11.8 Å². The highest BCUT2D eigenvalue weighted by Gasteiger charge is 2.25. The van der Waals surface area contributed by atoms with E-state index in [9.17, 15) is 14.4 Å². The molecule has 7 nitrogen and oxygen atoms in total. The quantitative estimate of drug-likeness (QED) is 0.732. The Balaban J connectivity index is 1.84. The number of aryl methyl sites for hydroxylation is 1. The Morgan fingerprint density at radius 3 is 2.69 bits per heavy atom. The molecule has 0 atom stereocenters. The van der Waals surface area contributed by atoms with Gasteiger partial charge in [-0.1, -0.05) is 29.8 Å². The van der Waals surface area contributed by atoms with Gasteiger partial charge in [0.05, 0.1) is 35.6 Å². The lowest BCUT2D eigenvalue weighted by atomic mass is 10.2. The third-order valence-corrected chi connectivity index (χ3v) is 4.63. The first-order chi connectivity index (χ1) is 13.9. The van der Waals surface area contributed by atoms with Gasteiger partial charge >= 0.3 is 5.97 Å². The van der Waals surface area contributed by atoms with Crippen LogP contribution in [0.3, 0.4) is 0 Å². The van der Waals surface area contributed by atoms with Crippen LogP contribution in [0.25, 0.3) is 0 Å². The number of benzene rings is 2. The van der Waals surface area contributed by atoms with Crippen LogP contribution in [0.1, 0.15) is 12.0 Å². The van der Waals surface area contributed by atoms with E-state index >= 15 is 0 Å². The summed E-state index contributed by atoms with van der Waals surface area (Å²) < 4.78 is 4.67. The molecule has 29 heavy (non-hydrogen) atoms. The van der Waals surface area contributed by atoms with Crippen molar-refractivity contribution in [1.29, 1.82) is 0 Å². The number of fused-ring (bicyclic) bond motifs is 1. The van der Waals surface area contributed by atoms with Gasteiger partial charge in [-0.2, -0.15) is 0 Å². The van der Waals surface area contributed by atoms with Crippen molar-refractivity contribution >= 4 is 46.4 Å². The minimum atomic E-state index is -0.478. The lowest BCUT2D eigenvalue weighted by molar-refractivity contribution is -0.139. The van der Waals surface area contributed by atoms with Crippen LogP contribution in [0.4, 0.5) is 17.1 Å². The van der Waals surface area contributed by atoms with E-state index in [1.165, 1.54) is 18.1 Å². The van der Waals surface area contributed by atoms with Crippen LogP contribution in [0.5, 0.6) is 0 Å². The Kier molecular flexibility index (Phi) is 6.19. The molecule has 2 amide bonds. The van der Waals surface area contributed by atoms with Gasteiger partial charge < -0.3 is 15.4 Å². The number of anilines is 3. The predicted octanol–water partition coefficient (Wildman–Crippen LogP) is 3.49. The fraction of sp³-hybridized carbons (Fsp3) is 0.190. The molecule has 1 aliphatic heterocycles. The average Bonchev–Trinajstić information content (AvgIpc) is 2.80. The van der Waals surface area contributed by atoms with E-state index < -0.39 is 17.8 Å². The molecule has 1 aliphatic rings. The van der Waals surface area contributed by atoms with Crippen molar-refractivity contribution in [2.24, 2.45) is 0 Å². The SMILES string of the molecule is COC(=O)CC1=CC(=O)N(CC(=O)Nc2ccc(C)cc2Cl)c2ccccc2N1. The molecule has 3 rings (SSSR count). The number of rotatable bonds is 5. The van der Waals surface area contributed by atoms with Gasteiger partial charge in [-0.3, -0.25) is 19.3 Å². The number of amides is 2. The van der Waals surface area contributed by atoms with Crippen molar-refractivity contribution in [3.8, 4) is 0 Å². The summed E-state index contributed by atoms with van der Waals surface area (Å²) in [5.41, 5.74) is 2.96. The molecule has 2 aromatic rings. The van der Waals surface area contributed by atoms with Crippen molar-refractivity contribution in [2.75, 3.05) is 29.2 Å². The van der Waals surface area contributed by atoms with E-state index in [1.54, 1.807) is 36.4 Å². The van der Waals surface area contributed by atoms with Gasteiger partial charge in [0.2, 0.25) is 5.91 Å².